The van der Waals surface area contributed by atoms with Crippen LogP contribution in [0, 0.1) is 6.92 Å². The zero-order chi connectivity index (χ0) is 19.0. The Bertz CT molecular complexity index is 1100. The maximum Gasteiger partial charge on any atom is 0.252 e. The number of methoxy groups -OCH3 is 1. The first-order valence-electron chi connectivity index (χ1n) is 8.73. The van der Waals surface area contributed by atoms with Gasteiger partial charge in [-0.15, -0.1) is 0 Å². The van der Waals surface area contributed by atoms with E-state index in [9.17, 15) is 4.79 Å². The molecule has 0 fully saturated rings. The lowest BCUT2D eigenvalue weighted by Gasteiger charge is -2.06. The van der Waals surface area contributed by atoms with Gasteiger partial charge in [0.25, 0.3) is 5.91 Å². The maximum absolute atomic E-state index is 12.5. The van der Waals surface area contributed by atoms with Gasteiger partial charge in [-0.1, -0.05) is 23.5 Å². The van der Waals surface area contributed by atoms with Crippen LogP contribution in [0.25, 0.3) is 10.2 Å². The first kappa shape index (κ1) is 17.6. The lowest BCUT2D eigenvalue weighted by molar-refractivity contribution is -0.117. The van der Waals surface area contributed by atoms with Gasteiger partial charge < -0.3 is 18.8 Å². The van der Waals surface area contributed by atoms with E-state index in [4.69, 9.17) is 14.2 Å². The van der Waals surface area contributed by atoms with E-state index in [-0.39, 0.29) is 19.1 Å². The number of hydrogen-bond donors (Lipinski definition) is 0. The predicted octanol–water partition coefficient (Wildman–Crippen LogP) is 3.44. The molecule has 7 heteroatoms. The summed E-state index contributed by atoms with van der Waals surface area (Å²) in [4.78, 5) is 17.6. The highest BCUT2D eigenvalue weighted by molar-refractivity contribution is 7.16. The first-order chi connectivity index (χ1) is 13.1. The van der Waals surface area contributed by atoms with Gasteiger partial charge in [0, 0.05) is 18.7 Å². The lowest BCUT2D eigenvalue weighted by atomic mass is 10.1. The van der Waals surface area contributed by atoms with E-state index in [2.05, 4.69) is 4.99 Å². The summed E-state index contributed by atoms with van der Waals surface area (Å²) in [6.07, 6.45) is 0.255. The van der Waals surface area contributed by atoms with Gasteiger partial charge in [-0.05, 0) is 31.0 Å². The van der Waals surface area contributed by atoms with E-state index >= 15 is 0 Å². The van der Waals surface area contributed by atoms with E-state index in [0.29, 0.717) is 11.3 Å². The van der Waals surface area contributed by atoms with Crippen molar-refractivity contribution in [1.29, 1.82) is 0 Å². The summed E-state index contributed by atoms with van der Waals surface area (Å²) < 4.78 is 19.2. The fourth-order valence-electron chi connectivity index (χ4n) is 3.22. The van der Waals surface area contributed by atoms with Crippen LogP contribution in [0.1, 0.15) is 18.1 Å². The van der Waals surface area contributed by atoms with Crippen molar-refractivity contribution >= 4 is 27.5 Å². The number of benzene rings is 2. The van der Waals surface area contributed by atoms with Gasteiger partial charge in [-0.25, -0.2) is 0 Å². The number of nitrogens with zero attached hydrogens (tertiary/aromatic N) is 2. The van der Waals surface area contributed by atoms with E-state index in [0.717, 1.165) is 38.6 Å². The highest BCUT2D eigenvalue weighted by Crippen LogP contribution is 2.36. The molecule has 3 aromatic rings. The van der Waals surface area contributed by atoms with Crippen molar-refractivity contribution in [2.45, 2.75) is 26.8 Å². The first-order valence-corrected chi connectivity index (χ1v) is 9.54. The molecule has 1 aliphatic heterocycles. The van der Waals surface area contributed by atoms with Crippen LogP contribution in [-0.4, -0.2) is 24.4 Å². The summed E-state index contributed by atoms with van der Waals surface area (Å²) >= 11 is 1.48. The van der Waals surface area contributed by atoms with Gasteiger partial charge in [0.1, 0.15) is 5.75 Å². The van der Waals surface area contributed by atoms with Crippen LogP contribution >= 0.6 is 11.3 Å². The monoisotopic (exact) mass is 384 g/mol. The molecule has 2 aromatic carbocycles. The Morgan fingerprint density at radius 3 is 2.74 bits per heavy atom. The Morgan fingerprint density at radius 2 is 2.04 bits per heavy atom. The Labute approximate surface area is 160 Å². The standard InChI is InChI=1S/C20H20N2O4S/c1-4-22-14-9-16-17(26-11-25-16)10-18(14)27-20(22)21-19(23)8-13-5-6-15(24-3)12(2)7-13/h5-7,9-10H,4,8,11H2,1-3H3. The normalized spacial score (nSPS) is 13.4. The summed E-state index contributed by atoms with van der Waals surface area (Å²) in [5, 5.41) is 0. The number of carbonyl (C=O) groups is 1. The summed E-state index contributed by atoms with van der Waals surface area (Å²) in [6, 6.07) is 9.64. The largest absolute Gasteiger partial charge is 0.496 e. The molecular formula is C20H20N2O4S. The van der Waals surface area contributed by atoms with Crippen LogP contribution in [0.15, 0.2) is 35.3 Å². The van der Waals surface area contributed by atoms with Gasteiger partial charge >= 0.3 is 0 Å². The quantitative estimate of drug-likeness (QED) is 0.691. The molecule has 1 aromatic heterocycles. The number of carbonyl (C=O) groups excluding carboxylic acids is 1. The number of rotatable bonds is 4. The van der Waals surface area contributed by atoms with E-state index in [1.807, 2.05) is 48.7 Å². The van der Waals surface area contributed by atoms with Crippen LogP contribution < -0.4 is 19.0 Å². The maximum atomic E-state index is 12.5. The molecule has 0 radical (unpaired) electrons. The Balaban J connectivity index is 1.67. The van der Waals surface area contributed by atoms with E-state index in [1.165, 1.54) is 11.3 Å². The Hall–Kier alpha value is -2.80. The van der Waals surface area contributed by atoms with Gasteiger partial charge in [0.2, 0.25) is 6.79 Å². The van der Waals surface area contributed by atoms with Crippen LogP contribution in [0.2, 0.25) is 0 Å². The number of aryl methyl sites for hydroxylation is 2. The van der Waals surface area contributed by atoms with Crippen molar-refractivity contribution in [3.8, 4) is 17.2 Å². The van der Waals surface area contributed by atoms with Crippen LogP contribution in [0.3, 0.4) is 0 Å². The molecule has 0 unspecified atom stereocenters. The number of hydrogen-bond acceptors (Lipinski definition) is 5. The Morgan fingerprint density at radius 1 is 1.26 bits per heavy atom. The second-order valence-electron chi connectivity index (χ2n) is 6.29. The minimum absolute atomic E-state index is 0.173. The summed E-state index contributed by atoms with van der Waals surface area (Å²) in [6.45, 7) is 4.96. The molecule has 0 atom stereocenters. The van der Waals surface area contributed by atoms with Crippen LogP contribution in [0.5, 0.6) is 17.2 Å². The molecule has 6 nitrogen and oxygen atoms in total. The minimum atomic E-state index is -0.173. The number of amides is 1. The van der Waals surface area contributed by atoms with Gasteiger partial charge in [0.05, 0.1) is 23.7 Å². The molecule has 1 aliphatic rings. The fourth-order valence-corrected chi connectivity index (χ4v) is 4.34. The average Bonchev–Trinajstić information content (AvgIpc) is 3.22. The van der Waals surface area contributed by atoms with Crippen molar-refractivity contribution in [3.05, 3.63) is 46.3 Å². The van der Waals surface area contributed by atoms with Crippen molar-refractivity contribution in [3.63, 3.8) is 0 Å². The molecule has 0 saturated heterocycles. The smallest absolute Gasteiger partial charge is 0.252 e. The molecule has 0 saturated carbocycles. The van der Waals surface area contributed by atoms with Crippen molar-refractivity contribution in [2.24, 2.45) is 4.99 Å². The molecule has 27 heavy (non-hydrogen) atoms. The topological polar surface area (TPSA) is 62.1 Å². The third-order valence-corrected chi connectivity index (χ3v) is 5.57. The second kappa shape index (κ2) is 7.08. The summed E-state index contributed by atoms with van der Waals surface area (Å²) in [5.41, 5.74) is 2.92. The number of fused-ring (bicyclic) bond motifs is 2. The minimum Gasteiger partial charge on any atom is -0.496 e. The van der Waals surface area contributed by atoms with Gasteiger partial charge in [-0.2, -0.15) is 4.99 Å². The second-order valence-corrected chi connectivity index (χ2v) is 7.30. The summed E-state index contributed by atoms with van der Waals surface area (Å²) in [5.74, 6) is 2.11. The van der Waals surface area contributed by atoms with E-state index in [1.54, 1.807) is 7.11 Å². The van der Waals surface area contributed by atoms with Gasteiger partial charge in [-0.3, -0.25) is 4.79 Å². The molecule has 0 spiro atoms. The Kier molecular flexibility index (Phi) is 4.61. The molecule has 0 N–H and O–H groups in total. The zero-order valence-corrected chi connectivity index (χ0v) is 16.3. The van der Waals surface area contributed by atoms with E-state index < -0.39 is 0 Å². The third-order valence-electron chi connectivity index (χ3n) is 4.53. The zero-order valence-electron chi connectivity index (χ0n) is 15.4. The molecule has 4 rings (SSSR count). The highest BCUT2D eigenvalue weighted by Gasteiger charge is 2.17. The molecule has 2 heterocycles. The molecule has 1 amide bonds. The molecule has 0 bridgehead atoms. The molecular weight excluding hydrogens is 364 g/mol. The van der Waals surface area contributed by atoms with Crippen LogP contribution in [0.4, 0.5) is 0 Å². The number of ether oxygens (including phenoxy) is 3. The van der Waals surface area contributed by atoms with Crippen molar-refractivity contribution in [2.75, 3.05) is 13.9 Å². The lowest BCUT2D eigenvalue weighted by Crippen LogP contribution is -2.16. The summed E-state index contributed by atoms with van der Waals surface area (Å²) in [7, 11) is 1.64. The number of aromatic nitrogens is 1. The predicted molar refractivity (Wildman–Crippen MR) is 104 cm³/mol. The molecule has 0 aliphatic carbocycles. The van der Waals surface area contributed by atoms with Crippen LogP contribution in [-0.2, 0) is 17.8 Å². The van der Waals surface area contributed by atoms with Gasteiger partial charge in [0.15, 0.2) is 16.3 Å². The average molecular weight is 384 g/mol. The third kappa shape index (κ3) is 3.30. The van der Waals surface area contributed by atoms with Crippen molar-refractivity contribution in [1.82, 2.24) is 4.57 Å². The fraction of sp³-hybridized carbons (Fsp3) is 0.300. The number of thiazole rings is 1. The SMILES string of the molecule is CCn1c(=NC(=O)Cc2ccc(OC)c(C)c2)sc2cc3c(cc21)OCO3. The highest BCUT2D eigenvalue weighted by atomic mass is 32.1. The molecule has 140 valence electrons. The van der Waals surface area contributed by atoms with Crippen molar-refractivity contribution < 1.29 is 19.0 Å².